The molecule has 0 unspecified atom stereocenters. The van der Waals surface area contributed by atoms with Crippen molar-refractivity contribution in [1.82, 2.24) is 9.97 Å². The molecule has 0 spiro atoms. The maximum atomic E-state index is 12.0. The van der Waals surface area contributed by atoms with Crippen LogP contribution in [0.3, 0.4) is 0 Å². The lowest BCUT2D eigenvalue weighted by molar-refractivity contribution is -0.153. The van der Waals surface area contributed by atoms with Gasteiger partial charge in [-0.2, -0.15) is 0 Å². The first kappa shape index (κ1) is 20.8. The summed E-state index contributed by atoms with van der Waals surface area (Å²) < 4.78 is 10.2. The summed E-state index contributed by atoms with van der Waals surface area (Å²) in [5, 5.41) is 0.0803. The molecule has 1 aromatic carbocycles. The van der Waals surface area contributed by atoms with Crippen LogP contribution in [0.15, 0.2) is 24.3 Å². The van der Waals surface area contributed by atoms with E-state index < -0.39 is 11.6 Å². The Hall–Kier alpha value is -2.47. The molecule has 0 N–H and O–H groups in total. The van der Waals surface area contributed by atoms with E-state index in [-0.39, 0.29) is 17.7 Å². The van der Waals surface area contributed by atoms with Gasteiger partial charge in [-0.15, -0.1) is 0 Å². The molecule has 0 aliphatic carbocycles. The van der Waals surface area contributed by atoms with Crippen molar-refractivity contribution < 1.29 is 19.1 Å². The van der Waals surface area contributed by atoms with Crippen molar-refractivity contribution in [2.24, 2.45) is 0 Å². The molecule has 0 radical (unpaired) electrons. The molecule has 0 aliphatic rings. The number of carbonyl (C=O) groups excluding carboxylic acids is 2. The van der Waals surface area contributed by atoms with E-state index in [9.17, 15) is 9.59 Å². The van der Waals surface area contributed by atoms with Crippen LogP contribution in [0.25, 0.3) is 0 Å². The van der Waals surface area contributed by atoms with Gasteiger partial charge in [-0.05, 0) is 50.4 Å². The van der Waals surface area contributed by atoms with Gasteiger partial charge in [0.15, 0.2) is 0 Å². The average molecular weight is 391 g/mol. The van der Waals surface area contributed by atoms with Crippen molar-refractivity contribution >= 4 is 23.5 Å². The van der Waals surface area contributed by atoms with Gasteiger partial charge in [0.1, 0.15) is 11.2 Å². The molecule has 0 aliphatic heterocycles. The fourth-order valence-electron chi connectivity index (χ4n) is 2.60. The molecule has 2 rings (SSSR count). The number of nitrogens with zero attached hydrogens (tertiary/aromatic N) is 2. The fraction of sp³-hybridized carbons (Fsp3) is 0.400. The molecule has 0 saturated heterocycles. The monoisotopic (exact) mass is 390 g/mol. The Bertz CT molecular complexity index is 842. The van der Waals surface area contributed by atoms with E-state index >= 15 is 0 Å². The molecular formula is C20H23ClN2O4. The summed E-state index contributed by atoms with van der Waals surface area (Å²) in [6.07, 6.45) is 0.587. The largest absolute Gasteiger partial charge is 0.465 e. The summed E-state index contributed by atoms with van der Waals surface area (Å²) in [5.41, 5.74) is 2.54. The minimum atomic E-state index is -0.508. The summed E-state index contributed by atoms with van der Waals surface area (Å²) in [5.74, 6) is -0.776. The van der Waals surface area contributed by atoms with Crippen LogP contribution >= 0.6 is 11.6 Å². The highest BCUT2D eigenvalue weighted by atomic mass is 35.5. The molecule has 1 heterocycles. The van der Waals surface area contributed by atoms with Crippen molar-refractivity contribution in [3.05, 3.63) is 57.6 Å². The molecule has 6 nitrogen and oxygen atoms in total. The summed E-state index contributed by atoms with van der Waals surface area (Å²) in [6, 6.07) is 7.47. The van der Waals surface area contributed by atoms with Crippen molar-refractivity contribution in [2.75, 3.05) is 7.11 Å². The predicted molar refractivity (Wildman–Crippen MR) is 102 cm³/mol. The van der Waals surface area contributed by atoms with E-state index in [0.29, 0.717) is 23.4 Å². The third-order valence-electron chi connectivity index (χ3n) is 3.69. The van der Waals surface area contributed by atoms with Gasteiger partial charge in [-0.25, -0.2) is 14.8 Å². The molecule has 0 saturated carbocycles. The number of carbonyl (C=O) groups is 2. The average Bonchev–Trinajstić information content (AvgIpc) is 2.54. The zero-order valence-electron chi connectivity index (χ0n) is 16.1. The number of hydrogen-bond acceptors (Lipinski definition) is 6. The van der Waals surface area contributed by atoms with Crippen molar-refractivity contribution in [3.63, 3.8) is 0 Å². The van der Waals surface area contributed by atoms with Crippen molar-refractivity contribution in [3.8, 4) is 0 Å². The van der Waals surface area contributed by atoms with Gasteiger partial charge in [0.25, 0.3) is 0 Å². The van der Waals surface area contributed by atoms with Crippen molar-refractivity contribution in [1.29, 1.82) is 0 Å². The maximum absolute atomic E-state index is 12.0. The van der Waals surface area contributed by atoms with Gasteiger partial charge in [-0.1, -0.05) is 24.3 Å². The third-order valence-corrected chi connectivity index (χ3v) is 3.86. The number of halogens is 1. The summed E-state index contributed by atoms with van der Waals surface area (Å²) in [7, 11) is 1.31. The highest BCUT2D eigenvalue weighted by Gasteiger charge is 2.19. The first-order valence-corrected chi connectivity index (χ1v) is 8.88. The van der Waals surface area contributed by atoms with Gasteiger partial charge in [-0.3, -0.25) is 4.79 Å². The summed E-state index contributed by atoms with van der Waals surface area (Å²) >= 11 is 5.95. The molecule has 0 bridgehead atoms. The molecule has 0 amide bonds. The van der Waals surface area contributed by atoms with Crippen LogP contribution < -0.4 is 0 Å². The molecule has 1 aromatic heterocycles. The number of aryl methyl sites for hydroxylation is 1. The van der Waals surface area contributed by atoms with Gasteiger partial charge in [0.2, 0.25) is 5.28 Å². The number of aromatic nitrogens is 2. The minimum Gasteiger partial charge on any atom is -0.465 e. The number of rotatable bonds is 5. The Morgan fingerprint density at radius 1 is 1.07 bits per heavy atom. The number of esters is 2. The van der Waals surface area contributed by atoms with Crippen LogP contribution in [0.2, 0.25) is 5.28 Å². The second-order valence-electron chi connectivity index (χ2n) is 7.15. The second kappa shape index (κ2) is 8.48. The standard InChI is InChI=1S/C20H23ClN2O4/c1-12-17(18(25)26-5)15(23-19(21)22-12)10-13-6-8-14(9-7-13)11-16(24)27-20(2,3)4/h6-9H,10-11H2,1-5H3. The molecule has 0 atom stereocenters. The smallest absolute Gasteiger partial charge is 0.341 e. The van der Waals surface area contributed by atoms with Crippen LogP contribution in [0.4, 0.5) is 0 Å². The van der Waals surface area contributed by atoms with E-state index in [0.717, 1.165) is 11.1 Å². The minimum absolute atomic E-state index is 0.0803. The quantitative estimate of drug-likeness (QED) is 0.572. The van der Waals surface area contributed by atoms with Gasteiger partial charge >= 0.3 is 11.9 Å². The highest BCUT2D eigenvalue weighted by molar-refractivity contribution is 6.28. The van der Waals surface area contributed by atoms with Crippen LogP contribution in [-0.2, 0) is 27.1 Å². The zero-order valence-corrected chi connectivity index (χ0v) is 16.9. The van der Waals surface area contributed by atoms with Crippen LogP contribution in [0.1, 0.15) is 53.6 Å². The van der Waals surface area contributed by atoms with E-state index in [1.165, 1.54) is 7.11 Å². The third kappa shape index (κ3) is 6.03. The topological polar surface area (TPSA) is 78.4 Å². The summed E-state index contributed by atoms with van der Waals surface area (Å²) in [4.78, 5) is 32.2. The Morgan fingerprint density at radius 2 is 1.67 bits per heavy atom. The van der Waals surface area contributed by atoms with E-state index in [1.807, 2.05) is 45.0 Å². The Balaban J connectivity index is 2.18. The molecule has 7 heteroatoms. The zero-order chi connectivity index (χ0) is 20.2. The van der Waals surface area contributed by atoms with Gasteiger partial charge in [0, 0.05) is 6.42 Å². The van der Waals surface area contributed by atoms with Crippen molar-refractivity contribution in [2.45, 2.75) is 46.1 Å². The second-order valence-corrected chi connectivity index (χ2v) is 7.49. The number of benzene rings is 1. The van der Waals surface area contributed by atoms with E-state index in [2.05, 4.69) is 9.97 Å². The lowest BCUT2D eigenvalue weighted by Gasteiger charge is -2.19. The van der Waals surface area contributed by atoms with Gasteiger partial charge in [0.05, 0.1) is 24.9 Å². The fourth-order valence-corrected chi connectivity index (χ4v) is 2.83. The molecular weight excluding hydrogens is 368 g/mol. The molecule has 27 heavy (non-hydrogen) atoms. The maximum Gasteiger partial charge on any atom is 0.341 e. The summed E-state index contributed by atoms with van der Waals surface area (Å²) in [6.45, 7) is 7.19. The molecule has 144 valence electrons. The van der Waals surface area contributed by atoms with Gasteiger partial charge < -0.3 is 9.47 Å². The van der Waals surface area contributed by atoms with E-state index in [1.54, 1.807) is 6.92 Å². The first-order chi connectivity index (χ1) is 12.6. The number of ether oxygens (including phenoxy) is 2. The van der Waals surface area contributed by atoms with E-state index in [4.69, 9.17) is 21.1 Å². The van der Waals surface area contributed by atoms with Crippen LogP contribution in [0, 0.1) is 6.92 Å². The number of methoxy groups -OCH3 is 1. The number of hydrogen-bond donors (Lipinski definition) is 0. The Morgan fingerprint density at radius 3 is 2.22 bits per heavy atom. The SMILES string of the molecule is COC(=O)c1c(C)nc(Cl)nc1Cc1ccc(CC(=O)OC(C)(C)C)cc1. The normalized spacial score (nSPS) is 11.2. The molecule has 0 fully saturated rings. The van der Waals surface area contributed by atoms with Crippen LogP contribution in [0.5, 0.6) is 0 Å². The Kier molecular flexibility index (Phi) is 6.54. The highest BCUT2D eigenvalue weighted by Crippen LogP contribution is 2.19. The molecule has 2 aromatic rings. The Labute approximate surface area is 163 Å². The first-order valence-electron chi connectivity index (χ1n) is 8.50. The predicted octanol–water partition coefficient (Wildman–Crippen LogP) is 3.70. The van der Waals surface area contributed by atoms with Crippen LogP contribution in [-0.4, -0.2) is 34.6 Å². The lowest BCUT2D eigenvalue weighted by atomic mass is 10.0. The lowest BCUT2D eigenvalue weighted by Crippen LogP contribution is -2.24.